The van der Waals surface area contributed by atoms with Crippen molar-refractivity contribution in [1.82, 2.24) is 5.32 Å². The van der Waals surface area contributed by atoms with Crippen LogP contribution in [0.1, 0.15) is 18.0 Å². The Hall–Kier alpha value is -0.960. The highest BCUT2D eigenvalue weighted by atomic mass is 19.3. The molecule has 13 heavy (non-hydrogen) atoms. The topological polar surface area (TPSA) is 12.0 Å². The molecule has 0 saturated carbocycles. The third kappa shape index (κ3) is 1.86. The maximum atomic E-state index is 12.8. The summed E-state index contributed by atoms with van der Waals surface area (Å²) in [5.41, 5.74) is 0.944. The Kier molecular flexibility index (Phi) is 2.04. The Morgan fingerprint density at radius 2 is 1.92 bits per heavy atom. The van der Waals surface area contributed by atoms with Crippen molar-refractivity contribution < 1.29 is 8.78 Å². The molecule has 1 heterocycles. The molecule has 1 saturated heterocycles. The second-order valence-electron chi connectivity index (χ2n) is 3.40. The number of hydrogen-bond donors (Lipinski definition) is 1. The van der Waals surface area contributed by atoms with E-state index in [0.717, 1.165) is 5.56 Å². The summed E-state index contributed by atoms with van der Waals surface area (Å²) in [5.74, 6) is -2.54. The largest absolute Gasteiger partial charge is 0.304 e. The van der Waals surface area contributed by atoms with Crippen LogP contribution in [0.3, 0.4) is 0 Å². The van der Waals surface area contributed by atoms with Gasteiger partial charge in [-0.15, -0.1) is 0 Å². The van der Waals surface area contributed by atoms with Crippen LogP contribution in [0.15, 0.2) is 30.3 Å². The molecule has 3 heteroatoms. The maximum Gasteiger partial charge on any atom is 0.262 e. The summed E-state index contributed by atoms with van der Waals surface area (Å²) in [7, 11) is 0. The molecule has 0 spiro atoms. The number of rotatable bonds is 1. The summed E-state index contributed by atoms with van der Waals surface area (Å²) >= 11 is 0. The molecular formula is C10H11F2N. The van der Waals surface area contributed by atoms with Crippen LogP contribution in [0.2, 0.25) is 0 Å². The molecule has 1 fully saturated rings. The zero-order valence-corrected chi connectivity index (χ0v) is 7.13. The lowest BCUT2D eigenvalue weighted by Gasteiger charge is -2.09. The van der Waals surface area contributed by atoms with E-state index in [2.05, 4.69) is 5.32 Å². The smallest absolute Gasteiger partial charge is 0.262 e. The fraction of sp³-hybridized carbons (Fsp3) is 0.400. The summed E-state index contributed by atoms with van der Waals surface area (Å²) < 4.78 is 25.6. The first kappa shape index (κ1) is 8.63. The van der Waals surface area contributed by atoms with Gasteiger partial charge in [-0.25, -0.2) is 8.78 Å². The monoisotopic (exact) mass is 183 g/mol. The highest BCUT2D eigenvalue weighted by Gasteiger charge is 2.39. The van der Waals surface area contributed by atoms with E-state index in [0.29, 0.717) is 0 Å². The van der Waals surface area contributed by atoms with Crippen molar-refractivity contribution in [3.8, 4) is 0 Å². The Labute approximate surface area is 75.8 Å². The van der Waals surface area contributed by atoms with Gasteiger partial charge in [-0.2, -0.15) is 0 Å². The highest BCUT2D eigenvalue weighted by molar-refractivity contribution is 5.20. The van der Waals surface area contributed by atoms with E-state index in [1.807, 2.05) is 30.3 Å². The van der Waals surface area contributed by atoms with E-state index in [-0.39, 0.29) is 19.0 Å². The lowest BCUT2D eigenvalue weighted by Crippen LogP contribution is -2.19. The van der Waals surface area contributed by atoms with E-state index in [9.17, 15) is 8.78 Å². The predicted octanol–water partition coefficient (Wildman–Crippen LogP) is 2.36. The molecule has 1 nitrogen and oxygen atoms in total. The molecule has 1 aliphatic heterocycles. The van der Waals surface area contributed by atoms with Crippen molar-refractivity contribution in [3.05, 3.63) is 35.9 Å². The molecule has 0 aromatic heterocycles. The average Bonchev–Trinajstić information content (AvgIpc) is 2.48. The first-order valence-corrected chi connectivity index (χ1v) is 4.33. The number of nitrogens with one attached hydrogen (secondary N) is 1. The molecule has 2 rings (SSSR count). The van der Waals surface area contributed by atoms with Gasteiger partial charge < -0.3 is 5.32 Å². The molecule has 0 radical (unpaired) electrons. The van der Waals surface area contributed by atoms with Crippen molar-refractivity contribution in [2.75, 3.05) is 6.54 Å². The van der Waals surface area contributed by atoms with E-state index >= 15 is 0 Å². The van der Waals surface area contributed by atoms with Crippen molar-refractivity contribution in [1.29, 1.82) is 0 Å². The minimum Gasteiger partial charge on any atom is -0.304 e. The second kappa shape index (κ2) is 3.07. The Morgan fingerprint density at radius 3 is 2.46 bits per heavy atom. The molecule has 1 N–H and O–H groups in total. The summed E-state index contributed by atoms with van der Waals surface area (Å²) in [4.78, 5) is 0. The summed E-state index contributed by atoms with van der Waals surface area (Å²) in [6.07, 6.45) is -0.0863. The molecule has 1 atom stereocenters. The normalized spacial score (nSPS) is 26.2. The first-order chi connectivity index (χ1) is 6.17. The predicted molar refractivity (Wildman–Crippen MR) is 46.7 cm³/mol. The molecule has 70 valence electrons. The van der Waals surface area contributed by atoms with Crippen LogP contribution in [0.5, 0.6) is 0 Å². The molecule has 0 aliphatic carbocycles. The molecular weight excluding hydrogens is 172 g/mol. The molecule has 0 unspecified atom stereocenters. The van der Waals surface area contributed by atoms with Gasteiger partial charge >= 0.3 is 0 Å². The van der Waals surface area contributed by atoms with Crippen LogP contribution in [0.25, 0.3) is 0 Å². The SMILES string of the molecule is FC1(F)CN[C@@H](c2ccccc2)C1. The van der Waals surface area contributed by atoms with Crippen LogP contribution in [0.4, 0.5) is 8.78 Å². The first-order valence-electron chi connectivity index (χ1n) is 4.33. The van der Waals surface area contributed by atoms with Crippen LogP contribution >= 0.6 is 0 Å². The third-order valence-corrected chi connectivity index (χ3v) is 2.31. The van der Waals surface area contributed by atoms with Crippen molar-refractivity contribution in [3.63, 3.8) is 0 Å². The van der Waals surface area contributed by atoms with Crippen LogP contribution in [-0.4, -0.2) is 12.5 Å². The zero-order valence-electron chi connectivity index (χ0n) is 7.13. The lowest BCUT2D eigenvalue weighted by molar-refractivity contribution is 0.0210. The average molecular weight is 183 g/mol. The van der Waals surface area contributed by atoms with E-state index in [1.165, 1.54) is 0 Å². The number of alkyl halides is 2. The quantitative estimate of drug-likeness (QED) is 0.704. The molecule has 0 bridgehead atoms. The van der Waals surface area contributed by atoms with Gasteiger partial charge in [0.2, 0.25) is 0 Å². The third-order valence-electron chi connectivity index (χ3n) is 2.31. The highest BCUT2D eigenvalue weighted by Crippen LogP contribution is 2.33. The number of benzene rings is 1. The van der Waals surface area contributed by atoms with Gasteiger partial charge in [-0.3, -0.25) is 0 Å². The molecule has 1 aromatic carbocycles. The Bertz CT molecular complexity index is 284. The summed E-state index contributed by atoms with van der Waals surface area (Å²) in [6.45, 7) is -0.202. The fourth-order valence-corrected chi connectivity index (χ4v) is 1.64. The van der Waals surface area contributed by atoms with E-state index < -0.39 is 5.92 Å². The molecule has 1 aliphatic rings. The van der Waals surface area contributed by atoms with Gasteiger partial charge in [0.1, 0.15) is 0 Å². The minimum absolute atomic E-state index is 0.0863. The van der Waals surface area contributed by atoms with Crippen LogP contribution in [-0.2, 0) is 0 Å². The minimum atomic E-state index is -2.54. The fourth-order valence-electron chi connectivity index (χ4n) is 1.64. The number of halogens is 2. The van der Waals surface area contributed by atoms with Gasteiger partial charge in [-0.05, 0) is 5.56 Å². The van der Waals surface area contributed by atoms with E-state index in [1.54, 1.807) is 0 Å². The Morgan fingerprint density at radius 1 is 1.23 bits per heavy atom. The van der Waals surface area contributed by atoms with Gasteiger partial charge in [0, 0.05) is 12.5 Å². The van der Waals surface area contributed by atoms with Crippen molar-refractivity contribution in [2.45, 2.75) is 18.4 Å². The van der Waals surface area contributed by atoms with Crippen LogP contribution < -0.4 is 5.32 Å². The Balaban J connectivity index is 2.13. The van der Waals surface area contributed by atoms with E-state index in [4.69, 9.17) is 0 Å². The van der Waals surface area contributed by atoms with Crippen LogP contribution in [0, 0.1) is 0 Å². The molecule has 1 aromatic rings. The van der Waals surface area contributed by atoms with Gasteiger partial charge in [0.05, 0.1) is 6.54 Å². The zero-order chi connectivity index (χ0) is 9.31. The standard InChI is InChI=1S/C10H11F2N/c11-10(12)6-9(13-7-10)8-4-2-1-3-5-8/h1-5,9,13H,6-7H2/t9-/m1/s1. The molecule has 0 amide bonds. The van der Waals surface area contributed by atoms with Crippen molar-refractivity contribution >= 4 is 0 Å². The summed E-state index contributed by atoms with van der Waals surface area (Å²) in [6, 6.07) is 9.19. The summed E-state index contributed by atoms with van der Waals surface area (Å²) in [5, 5.41) is 2.81. The second-order valence-corrected chi connectivity index (χ2v) is 3.40. The van der Waals surface area contributed by atoms with Gasteiger partial charge in [0.15, 0.2) is 0 Å². The van der Waals surface area contributed by atoms with Gasteiger partial charge in [0.25, 0.3) is 5.92 Å². The lowest BCUT2D eigenvalue weighted by atomic mass is 10.0. The maximum absolute atomic E-state index is 12.8. The van der Waals surface area contributed by atoms with Crippen molar-refractivity contribution in [2.24, 2.45) is 0 Å². The van der Waals surface area contributed by atoms with Gasteiger partial charge in [-0.1, -0.05) is 30.3 Å². The number of hydrogen-bond acceptors (Lipinski definition) is 1.